The number of thiophene rings is 1. The fourth-order valence-electron chi connectivity index (χ4n) is 3.45. The largest absolute Gasteiger partial charge is 0.326 e. The highest BCUT2D eigenvalue weighted by molar-refractivity contribution is 7.89. The number of piperidine rings is 1. The first-order chi connectivity index (χ1) is 12.3. The first-order valence-electron chi connectivity index (χ1n) is 8.75. The molecule has 1 aliphatic rings. The second-order valence-corrected chi connectivity index (χ2v) is 9.87. The van der Waals surface area contributed by atoms with Gasteiger partial charge in [0.15, 0.2) is 0 Å². The van der Waals surface area contributed by atoms with Gasteiger partial charge in [-0.1, -0.05) is 13.8 Å². The molecule has 2 heterocycles. The minimum Gasteiger partial charge on any atom is -0.326 e. The second kappa shape index (κ2) is 7.90. The molecule has 5 nitrogen and oxygen atoms in total. The summed E-state index contributed by atoms with van der Waals surface area (Å²) in [4.78, 5) is 12.3. The first kappa shape index (κ1) is 19.1. The van der Waals surface area contributed by atoms with Crippen molar-refractivity contribution in [2.75, 3.05) is 18.4 Å². The Bertz CT molecular complexity index is 835. The molecule has 1 aliphatic heterocycles. The van der Waals surface area contributed by atoms with Crippen LogP contribution in [0.25, 0.3) is 0 Å². The third-order valence-electron chi connectivity index (χ3n) is 4.56. The van der Waals surface area contributed by atoms with Gasteiger partial charge in [-0.3, -0.25) is 4.79 Å². The van der Waals surface area contributed by atoms with Gasteiger partial charge >= 0.3 is 0 Å². The third-order valence-corrected chi connectivity index (χ3v) is 7.13. The molecule has 140 valence electrons. The van der Waals surface area contributed by atoms with Crippen LogP contribution in [-0.2, 0) is 21.2 Å². The highest BCUT2D eigenvalue weighted by Gasteiger charge is 2.31. The van der Waals surface area contributed by atoms with Gasteiger partial charge in [0.05, 0.1) is 11.3 Å². The quantitative estimate of drug-likeness (QED) is 0.845. The van der Waals surface area contributed by atoms with Crippen molar-refractivity contribution in [3.05, 3.63) is 46.7 Å². The zero-order valence-corrected chi connectivity index (χ0v) is 16.6. The lowest BCUT2D eigenvalue weighted by Crippen LogP contribution is -2.42. The van der Waals surface area contributed by atoms with Crippen molar-refractivity contribution < 1.29 is 13.2 Å². The summed E-state index contributed by atoms with van der Waals surface area (Å²) in [5.74, 6) is 0.617. The summed E-state index contributed by atoms with van der Waals surface area (Å²) < 4.78 is 27.3. The number of amides is 1. The van der Waals surface area contributed by atoms with E-state index in [1.807, 2.05) is 16.8 Å². The standard InChI is InChI=1S/C19H24N2O3S2/c1-14-9-15(2)12-21(11-14)26(23,24)18-5-3-17(4-6-18)20-19(22)10-16-7-8-25-13-16/h3-8,13-15H,9-12H2,1-2H3,(H,20,22)/t14-,15+. The van der Waals surface area contributed by atoms with Crippen molar-refractivity contribution in [2.45, 2.75) is 31.6 Å². The predicted octanol–water partition coefficient (Wildman–Crippen LogP) is 3.60. The van der Waals surface area contributed by atoms with Crippen LogP contribution in [0.5, 0.6) is 0 Å². The van der Waals surface area contributed by atoms with Crippen LogP contribution in [0.1, 0.15) is 25.8 Å². The maximum atomic E-state index is 12.9. The molecule has 0 radical (unpaired) electrons. The molecule has 0 aliphatic carbocycles. The van der Waals surface area contributed by atoms with Crippen LogP contribution in [0.2, 0.25) is 0 Å². The van der Waals surface area contributed by atoms with Crippen molar-refractivity contribution in [1.82, 2.24) is 4.31 Å². The number of carbonyl (C=O) groups is 1. The molecular formula is C19H24N2O3S2. The number of nitrogens with one attached hydrogen (secondary N) is 1. The van der Waals surface area contributed by atoms with E-state index >= 15 is 0 Å². The van der Waals surface area contributed by atoms with Crippen molar-refractivity contribution in [3.8, 4) is 0 Å². The van der Waals surface area contributed by atoms with E-state index in [-0.39, 0.29) is 10.8 Å². The Morgan fingerprint density at radius 1 is 1.15 bits per heavy atom. The molecule has 0 bridgehead atoms. The Balaban J connectivity index is 1.67. The molecule has 1 N–H and O–H groups in total. The Labute approximate surface area is 159 Å². The van der Waals surface area contributed by atoms with Crippen molar-refractivity contribution in [2.24, 2.45) is 11.8 Å². The molecule has 1 fully saturated rings. The van der Waals surface area contributed by atoms with E-state index in [2.05, 4.69) is 19.2 Å². The monoisotopic (exact) mass is 392 g/mol. The highest BCUT2D eigenvalue weighted by atomic mass is 32.2. The van der Waals surface area contributed by atoms with Crippen LogP contribution in [0, 0.1) is 11.8 Å². The second-order valence-electron chi connectivity index (χ2n) is 7.15. The van der Waals surface area contributed by atoms with Crippen LogP contribution in [0.3, 0.4) is 0 Å². The lowest BCUT2D eigenvalue weighted by molar-refractivity contribution is -0.115. The molecule has 2 atom stereocenters. The van der Waals surface area contributed by atoms with E-state index in [0.717, 1.165) is 12.0 Å². The number of hydrogen-bond donors (Lipinski definition) is 1. The van der Waals surface area contributed by atoms with Crippen molar-refractivity contribution in [1.29, 1.82) is 0 Å². The van der Waals surface area contributed by atoms with E-state index in [9.17, 15) is 13.2 Å². The number of rotatable bonds is 5. The summed E-state index contributed by atoms with van der Waals surface area (Å²) >= 11 is 1.55. The van der Waals surface area contributed by atoms with E-state index in [1.54, 1.807) is 39.9 Å². The molecule has 1 amide bonds. The average Bonchev–Trinajstić information content (AvgIpc) is 3.07. The van der Waals surface area contributed by atoms with Crippen LogP contribution in [-0.4, -0.2) is 31.7 Å². The van der Waals surface area contributed by atoms with Crippen LogP contribution >= 0.6 is 11.3 Å². The molecule has 0 unspecified atom stereocenters. The average molecular weight is 393 g/mol. The fourth-order valence-corrected chi connectivity index (χ4v) is 5.79. The lowest BCUT2D eigenvalue weighted by Gasteiger charge is -2.34. The van der Waals surface area contributed by atoms with Gasteiger partial charge in [-0.2, -0.15) is 15.6 Å². The lowest BCUT2D eigenvalue weighted by atomic mass is 9.94. The summed E-state index contributed by atoms with van der Waals surface area (Å²) in [6.45, 7) is 5.30. The number of sulfonamides is 1. The summed E-state index contributed by atoms with van der Waals surface area (Å²) in [5.41, 5.74) is 1.57. The smallest absolute Gasteiger partial charge is 0.243 e. The van der Waals surface area contributed by atoms with E-state index in [1.165, 1.54) is 0 Å². The minimum absolute atomic E-state index is 0.113. The molecule has 1 saturated heterocycles. The number of carbonyl (C=O) groups excluding carboxylic acids is 1. The summed E-state index contributed by atoms with van der Waals surface area (Å²) in [7, 11) is -3.49. The number of hydrogen-bond acceptors (Lipinski definition) is 4. The van der Waals surface area contributed by atoms with Crippen LogP contribution < -0.4 is 5.32 Å². The van der Waals surface area contributed by atoms with Gasteiger partial charge in [0.1, 0.15) is 0 Å². The summed E-state index contributed by atoms with van der Waals surface area (Å²) in [6, 6.07) is 8.35. The number of benzene rings is 1. The van der Waals surface area contributed by atoms with E-state index in [0.29, 0.717) is 37.0 Å². The Morgan fingerprint density at radius 2 is 1.81 bits per heavy atom. The molecule has 2 aromatic rings. The third kappa shape index (κ3) is 4.52. The molecule has 0 saturated carbocycles. The van der Waals surface area contributed by atoms with Crippen molar-refractivity contribution in [3.63, 3.8) is 0 Å². The summed E-state index contributed by atoms with van der Waals surface area (Å²) in [6.07, 6.45) is 1.37. The Morgan fingerprint density at radius 3 is 2.38 bits per heavy atom. The maximum Gasteiger partial charge on any atom is 0.243 e. The molecule has 3 rings (SSSR count). The molecule has 0 spiro atoms. The van der Waals surface area contributed by atoms with Gasteiger partial charge in [0.25, 0.3) is 0 Å². The van der Waals surface area contributed by atoms with Gasteiger partial charge in [-0.05, 0) is 64.9 Å². The predicted molar refractivity (Wildman–Crippen MR) is 105 cm³/mol. The zero-order valence-electron chi connectivity index (χ0n) is 15.0. The minimum atomic E-state index is -3.49. The van der Waals surface area contributed by atoms with Crippen molar-refractivity contribution >= 4 is 33.0 Å². The first-order valence-corrected chi connectivity index (χ1v) is 11.1. The van der Waals surface area contributed by atoms with Gasteiger partial charge in [0, 0.05) is 18.8 Å². The molecule has 26 heavy (non-hydrogen) atoms. The molecule has 7 heteroatoms. The highest BCUT2D eigenvalue weighted by Crippen LogP contribution is 2.27. The normalized spacial score (nSPS) is 21.5. The Kier molecular flexibility index (Phi) is 5.79. The van der Waals surface area contributed by atoms with E-state index in [4.69, 9.17) is 0 Å². The molecule has 1 aromatic heterocycles. The van der Waals surface area contributed by atoms with Gasteiger partial charge in [0.2, 0.25) is 15.9 Å². The van der Waals surface area contributed by atoms with Gasteiger partial charge < -0.3 is 5.32 Å². The number of nitrogens with zero attached hydrogens (tertiary/aromatic N) is 1. The number of anilines is 1. The maximum absolute atomic E-state index is 12.9. The Hall–Kier alpha value is -1.70. The van der Waals surface area contributed by atoms with Crippen LogP contribution in [0.4, 0.5) is 5.69 Å². The van der Waals surface area contributed by atoms with Gasteiger partial charge in [-0.15, -0.1) is 0 Å². The van der Waals surface area contributed by atoms with Crippen LogP contribution in [0.15, 0.2) is 46.0 Å². The molecule has 1 aromatic carbocycles. The SMILES string of the molecule is C[C@@H]1C[C@H](C)CN(S(=O)(=O)c2ccc(NC(=O)Cc3ccsc3)cc2)C1. The topological polar surface area (TPSA) is 66.5 Å². The van der Waals surface area contributed by atoms with Gasteiger partial charge in [-0.25, -0.2) is 8.42 Å². The summed E-state index contributed by atoms with van der Waals surface area (Å²) in [5, 5.41) is 6.69. The zero-order chi connectivity index (χ0) is 18.7. The van der Waals surface area contributed by atoms with E-state index < -0.39 is 10.0 Å². The molecular weight excluding hydrogens is 368 g/mol. The fraction of sp³-hybridized carbons (Fsp3) is 0.421.